The van der Waals surface area contributed by atoms with Crippen molar-refractivity contribution in [3.05, 3.63) is 89.7 Å². The lowest BCUT2D eigenvalue weighted by atomic mass is 10.0. The summed E-state index contributed by atoms with van der Waals surface area (Å²) in [4.78, 5) is 29.5. The monoisotopic (exact) mass is 609 g/mol. The maximum atomic E-state index is 14.2. The van der Waals surface area contributed by atoms with Crippen LogP contribution in [-0.4, -0.2) is 63.2 Å². The van der Waals surface area contributed by atoms with Crippen LogP contribution in [0.25, 0.3) is 0 Å². The fourth-order valence-electron chi connectivity index (χ4n) is 5.51. The van der Waals surface area contributed by atoms with Gasteiger partial charge >= 0.3 is 0 Å². The average molecular weight is 610 g/mol. The Hall–Kier alpha value is -4.12. The van der Waals surface area contributed by atoms with E-state index in [1.807, 2.05) is 30.3 Å². The van der Waals surface area contributed by atoms with Gasteiger partial charge in [-0.3, -0.25) is 13.9 Å². The standard InChI is InChI=1S/C32H36FN3O6S/c1-43(39,40)36(27-15-16-29-30(20-27)42-18-17-41-29)22-31(37)35(21-24-11-13-25(33)14-12-24)28(19-23-7-3-2-4-8-23)32(38)34-26-9-5-6-10-26/h2-4,7-8,11-16,20,26,28H,5-6,9-10,17-19,21-22H2,1H3,(H,34,38)/t28-/m0/s1. The number of benzene rings is 3. The number of fused-ring (bicyclic) bond motifs is 1. The van der Waals surface area contributed by atoms with E-state index in [2.05, 4.69) is 5.32 Å². The molecule has 1 aliphatic heterocycles. The van der Waals surface area contributed by atoms with Crippen LogP contribution >= 0.6 is 0 Å². The zero-order valence-corrected chi connectivity index (χ0v) is 24.9. The Morgan fingerprint density at radius 1 is 0.930 bits per heavy atom. The molecular formula is C32H36FN3O6S. The number of halogens is 1. The Bertz CT molecular complexity index is 1530. The normalized spacial score (nSPS) is 15.5. The lowest BCUT2D eigenvalue weighted by Gasteiger charge is -2.34. The van der Waals surface area contributed by atoms with Gasteiger partial charge in [0.1, 0.15) is 31.6 Å². The van der Waals surface area contributed by atoms with E-state index in [9.17, 15) is 22.4 Å². The highest BCUT2D eigenvalue weighted by molar-refractivity contribution is 7.92. The molecule has 43 heavy (non-hydrogen) atoms. The van der Waals surface area contributed by atoms with Crippen LogP contribution in [0.15, 0.2) is 72.8 Å². The molecule has 3 aromatic carbocycles. The third-order valence-electron chi connectivity index (χ3n) is 7.73. The van der Waals surface area contributed by atoms with Crippen LogP contribution in [0.5, 0.6) is 11.5 Å². The summed E-state index contributed by atoms with van der Waals surface area (Å²) >= 11 is 0. The quantitative estimate of drug-likeness (QED) is 0.352. The summed E-state index contributed by atoms with van der Waals surface area (Å²) < 4.78 is 52.0. The number of hydrogen-bond donors (Lipinski definition) is 1. The Labute approximate surface area is 251 Å². The summed E-state index contributed by atoms with van der Waals surface area (Å²) in [6, 6.07) is 18.8. The van der Waals surface area contributed by atoms with Crippen molar-refractivity contribution in [2.45, 2.75) is 50.7 Å². The van der Waals surface area contributed by atoms with Crippen molar-refractivity contribution in [1.82, 2.24) is 10.2 Å². The van der Waals surface area contributed by atoms with Gasteiger partial charge in [-0.25, -0.2) is 12.8 Å². The van der Waals surface area contributed by atoms with Crippen molar-refractivity contribution in [2.75, 3.05) is 30.3 Å². The molecule has 0 bridgehead atoms. The minimum atomic E-state index is -3.94. The predicted octanol–water partition coefficient (Wildman–Crippen LogP) is 4.06. The van der Waals surface area contributed by atoms with Gasteiger partial charge in [-0.1, -0.05) is 55.3 Å². The zero-order chi connectivity index (χ0) is 30.4. The SMILES string of the molecule is CS(=O)(=O)N(CC(=O)N(Cc1ccc(F)cc1)[C@@H](Cc1ccccc1)C(=O)NC1CCCC1)c1ccc2c(c1)OCCO2. The zero-order valence-electron chi connectivity index (χ0n) is 24.1. The highest BCUT2D eigenvalue weighted by Gasteiger charge is 2.34. The van der Waals surface area contributed by atoms with Crippen LogP contribution in [0.4, 0.5) is 10.1 Å². The predicted molar refractivity (Wildman–Crippen MR) is 161 cm³/mol. The summed E-state index contributed by atoms with van der Waals surface area (Å²) in [7, 11) is -3.94. The van der Waals surface area contributed by atoms with Gasteiger partial charge in [0, 0.05) is 25.1 Å². The Morgan fingerprint density at radius 3 is 2.28 bits per heavy atom. The highest BCUT2D eigenvalue weighted by Crippen LogP contribution is 2.35. The highest BCUT2D eigenvalue weighted by atomic mass is 32.2. The van der Waals surface area contributed by atoms with Gasteiger partial charge in [-0.15, -0.1) is 0 Å². The van der Waals surface area contributed by atoms with E-state index in [0.29, 0.717) is 30.3 Å². The van der Waals surface area contributed by atoms with Crippen LogP contribution in [0.3, 0.4) is 0 Å². The topological polar surface area (TPSA) is 105 Å². The van der Waals surface area contributed by atoms with E-state index in [-0.39, 0.29) is 30.6 Å². The molecule has 11 heteroatoms. The molecule has 5 rings (SSSR count). The second kappa shape index (κ2) is 13.5. The minimum Gasteiger partial charge on any atom is -0.486 e. The molecule has 2 aliphatic rings. The maximum Gasteiger partial charge on any atom is 0.244 e. The number of nitrogens with zero attached hydrogens (tertiary/aromatic N) is 2. The van der Waals surface area contributed by atoms with Gasteiger partial charge in [0.25, 0.3) is 0 Å². The molecule has 228 valence electrons. The molecule has 1 N–H and O–H groups in total. The van der Waals surface area contributed by atoms with Crippen LogP contribution in [0.2, 0.25) is 0 Å². The van der Waals surface area contributed by atoms with E-state index in [1.165, 1.54) is 23.1 Å². The molecule has 1 saturated carbocycles. The molecule has 1 heterocycles. The Balaban J connectivity index is 1.50. The lowest BCUT2D eigenvalue weighted by molar-refractivity contribution is -0.140. The van der Waals surface area contributed by atoms with E-state index in [1.54, 1.807) is 24.3 Å². The summed E-state index contributed by atoms with van der Waals surface area (Å²) in [5.74, 6) is -0.447. The number of nitrogens with one attached hydrogen (secondary N) is 1. The van der Waals surface area contributed by atoms with Crippen molar-refractivity contribution < 1.29 is 31.9 Å². The van der Waals surface area contributed by atoms with E-state index in [0.717, 1.165) is 41.8 Å². The molecule has 1 aliphatic carbocycles. The summed E-state index contributed by atoms with van der Waals surface area (Å²) in [6.45, 7) is 0.122. The van der Waals surface area contributed by atoms with E-state index in [4.69, 9.17) is 9.47 Å². The second-order valence-corrected chi connectivity index (χ2v) is 12.8. The fourth-order valence-corrected chi connectivity index (χ4v) is 6.35. The molecule has 2 amide bonds. The van der Waals surface area contributed by atoms with Gasteiger partial charge in [0.05, 0.1) is 11.9 Å². The molecule has 0 unspecified atom stereocenters. The number of ether oxygens (including phenoxy) is 2. The molecular weight excluding hydrogens is 573 g/mol. The molecule has 0 saturated heterocycles. The second-order valence-electron chi connectivity index (χ2n) is 10.9. The van der Waals surface area contributed by atoms with Crippen molar-refractivity contribution in [1.29, 1.82) is 0 Å². The number of rotatable bonds is 11. The third kappa shape index (κ3) is 7.84. The summed E-state index contributed by atoms with van der Waals surface area (Å²) in [5, 5.41) is 3.12. The van der Waals surface area contributed by atoms with Crippen LogP contribution < -0.4 is 19.1 Å². The smallest absolute Gasteiger partial charge is 0.244 e. The van der Waals surface area contributed by atoms with Crippen LogP contribution in [0.1, 0.15) is 36.8 Å². The fraction of sp³-hybridized carbons (Fsp3) is 0.375. The molecule has 0 aromatic heterocycles. The van der Waals surface area contributed by atoms with Crippen LogP contribution in [-0.2, 0) is 32.6 Å². The number of amides is 2. The van der Waals surface area contributed by atoms with Crippen molar-refractivity contribution in [3.63, 3.8) is 0 Å². The van der Waals surface area contributed by atoms with E-state index >= 15 is 0 Å². The van der Waals surface area contributed by atoms with Crippen molar-refractivity contribution >= 4 is 27.5 Å². The summed E-state index contributed by atoms with van der Waals surface area (Å²) in [5.41, 5.74) is 1.68. The molecule has 1 atom stereocenters. The minimum absolute atomic E-state index is 0.0128. The number of sulfonamides is 1. The van der Waals surface area contributed by atoms with Gasteiger partial charge in [0.2, 0.25) is 21.8 Å². The Kier molecular flexibility index (Phi) is 9.49. The Morgan fingerprint density at radius 2 is 1.60 bits per heavy atom. The number of anilines is 1. The summed E-state index contributed by atoms with van der Waals surface area (Å²) in [6.07, 6.45) is 5.00. The number of carbonyl (C=O) groups excluding carboxylic acids is 2. The van der Waals surface area contributed by atoms with Gasteiger partial charge in [-0.2, -0.15) is 0 Å². The number of carbonyl (C=O) groups is 2. The van der Waals surface area contributed by atoms with Crippen molar-refractivity contribution in [3.8, 4) is 11.5 Å². The molecule has 1 fully saturated rings. The van der Waals surface area contributed by atoms with Crippen molar-refractivity contribution in [2.24, 2.45) is 0 Å². The first-order valence-corrected chi connectivity index (χ1v) is 16.3. The third-order valence-corrected chi connectivity index (χ3v) is 8.87. The van der Waals surface area contributed by atoms with Gasteiger partial charge < -0.3 is 19.7 Å². The maximum absolute atomic E-state index is 14.2. The first kappa shape index (κ1) is 30.3. The molecule has 9 nitrogen and oxygen atoms in total. The average Bonchev–Trinajstić information content (AvgIpc) is 3.51. The van der Waals surface area contributed by atoms with Crippen LogP contribution in [0, 0.1) is 5.82 Å². The first-order chi connectivity index (χ1) is 20.7. The largest absolute Gasteiger partial charge is 0.486 e. The van der Waals surface area contributed by atoms with Gasteiger partial charge in [-0.05, 0) is 48.2 Å². The lowest BCUT2D eigenvalue weighted by Crippen LogP contribution is -2.54. The van der Waals surface area contributed by atoms with Gasteiger partial charge in [0.15, 0.2) is 11.5 Å². The number of hydrogen-bond acceptors (Lipinski definition) is 6. The van der Waals surface area contributed by atoms with E-state index < -0.39 is 34.3 Å². The molecule has 0 spiro atoms. The molecule has 3 aromatic rings. The first-order valence-electron chi connectivity index (χ1n) is 14.4. The molecule has 0 radical (unpaired) electrons.